The van der Waals surface area contributed by atoms with Crippen molar-refractivity contribution in [3.05, 3.63) is 63.4 Å². The Labute approximate surface area is 163 Å². The summed E-state index contributed by atoms with van der Waals surface area (Å²) in [6, 6.07) is 14.1. The highest BCUT2D eigenvalue weighted by atomic mass is 79.9. The average Bonchev–Trinajstić information content (AvgIpc) is 3.31. The number of halogens is 1. The van der Waals surface area contributed by atoms with Gasteiger partial charge in [-0.1, -0.05) is 6.07 Å². The molecule has 0 radical (unpaired) electrons. The van der Waals surface area contributed by atoms with Crippen molar-refractivity contribution in [3.63, 3.8) is 0 Å². The number of ether oxygens (including phenoxy) is 1. The van der Waals surface area contributed by atoms with E-state index in [4.69, 9.17) is 4.74 Å². The highest BCUT2D eigenvalue weighted by Crippen LogP contribution is 2.23. The first-order valence-corrected chi connectivity index (χ1v) is 9.93. The molecule has 0 bridgehead atoms. The van der Waals surface area contributed by atoms with Crippen molar-refractivity contribution < 1.29 is 4.74 Å². The number of aromatic amines is 1. The first-order valence-electron chi connectivity index (χ1n) is 8.25. The van der Waals surface area contributed by atoms with E-state index in [2.05, 4.69) is 53.7 Å². The van der Waals surface area contributed by atoms with Crippen LogP contribution in [0.4, 0.5) is 0 Å². The quantitative estimate of drug-likeness (QED) is 0.421. The summed E-state index contributed by atoms with van der Waals surface area (Å²) in [6.07, 6.45) is 1.76. The molecule has 0 saturated heterocycles. The molecule has 0 spiro atoms. The monoisotopic (exact) mass is 428 g/mol. The number of nitrogens with one attached hydrogen (secondary N) is 2. The van der Waals surface area contributed by atoms with Crippen LogP contribution in [0.1, 0.15) is 4.88 Å². The third kappa shape index (κ3) is 4.12. The van der Waals surface area contributed by atoms with Gasteiger partial charge in [0.1, 0.15) is 23.7 Å². The summed E-state index contributed by atoms with van der Waals surface area (Å²) >= 11 is 5.18. The van der Waals surface area contributed by atoms with Gasteiger partial charge in [-0.15, -0.1) is 11.3 Å². The number of rotatable bonds is 7. The normalized spacial score (nSPS) is 11.1. The van der Waals surface area contributed by atoms with E-state index in [1.165, 1.54) is 4.88 Å². The maximum absolute atomic E-state index is 5.78. The molecule has 132 valence electrons. The van der Waals surface area contributed by atoms with Gasteiger partial charge in [0, 0.05) is 34.2 Å². The number of hydrogen-bond acceptors (Lipinski definition) is 5. The molecular weight excluding hydrogens is 412 g/mol. The van der Waals surface area contributed by atoms with Crippen LogP contribution in [0.2, 0.25) is 0 Å². The largest absolute Gasteiger partial charge is 0.492 e. The number of H-pyrrole nitrogens is 1. The number of hydrogen-bond donors (Lipinski definition) is 2. The Balaban J connectivity index is 1.32. The molecule has 0 aliphatic heterocycles. The highest BCUT2D eigenvalue weighted by molar-refractivity contribution is 9.10. The molecule has 7 heteroatoms. The van der Waals surface area contributed by atoms with Crippen molar-refractivity contribution in [2.45, 2.75) is 6.54 Å². The molecule has 0 fully saturated rings. The van der Waals surface area contributed by atoms with E-state index < -0.39 is 0 Å². The average molecular weight is 429 g/mol. The number of benzene rings is 1. The smallest absolute Gasteiger partial charge is 0.157 e. The lowest BCUT2D eigenvalue weighted by Gasteiger charge is -2.07. The third-order valence-electron chi connectivity index (χ3n) is 3.86. The Morgan fingerprint density at radius 3 is 2.88 bits per heavy atom. The molecule has 0 atom stereocenters. The van der Waals surface area contributed by atoms with Gasteiger partial charge in [0.2, 0.25) is 0 Å². The van der Waals surface area contributed by atoms with Crippen LogP contribution >= 0.6 is 27.3 Å². The van der Waals surface area contributed by atoms with Crippen LogP contribution in [-0.4, -0.2) is 28.1 Å². The minimum Gasteiger partial charge on any atom is -0.492 e. The number of fused-ring (bicyclic) bond motifs is 1. The topological polar surface area (TPSA) is 62.8 Å². The van der Waals surface area contributed by atoms with Gasteiger partial charge in [0.25, 0.3) is 0 Å². The number of imidazole rings is 1. The Morgan fingerprint density at radius 2 is 2.08 bits per heavy atom. The second-order valence-corrected chi connectivity index (χ2v) is 7.68. The van der Waals surface area contributed by atoms with Crippen LogP contribution < -0.4 is 10.1 Å². The molecule has 0 aliphatic carbocycles. The Bertz CT molecular complexity index is 983. The predicted octanol–water partition coefficient (Wildman–Crippen LogP) is 4.62. The molecule has 4 rings (SSSR count). The molecule has 1 aromatic carbocycles. The van der Waals surface area contributed by atoms with E-state index in [0.29, 0.717) is 6.61 Å². The fraction of sp³-hybridized carbons (Fsp3) is 0.158. The zero-order valence-electron chi connectivity index (χ0n) is 13.9. The molecular formula is C19H17BrN4OS. The maximum Gasteiger partial charge on any atom is 0.157 e. The minimum atomic E-state index is 0.632. The van der Waals surface area contributed by atoms with Gasteiger partial charge in [-0.25, -0.2) is 9.97 Å². The van der Waals surface area contributed by atoms with E-state index in [9.17, 15) is 0 Å². The van der Waals surface area contributed by atoms with Crippen LogP contribution in [-0.2, 0) is 6.54 Å². The van der Waals surface area contributed by atoms with Crippen molar-refractivity contribution in [2.24, 2.45) is 0 Å². The van der Waals surface area contributed by atoms with Crippen molar-refractivity contribution in [1.29, 1.82) is 0 Å². The zero-order valence-corrected chi connectivity index (χ0v) is 16.3. The first-order chi connectivity index (χ1) is 12.8. The summed E-state index contributed by atoms with van der Waals surface area (Å²) < 4.78 is 6.70. The van der Waals surface area contributed by atoms with Crippen molar-refractivity contribution in [2.75, 3.05) is 13.2 Å². The molecule has 3 heterocycles. The molecule has 2 N–H and O–H groups in total. The van der Waals surface area contributed by atoms with Gasteiger partial charge in [-0.2, -0.15) is 0 Å². The lowest BCUT2D eigenvalue weighted by Crippen LogP contribution is -2.20. The molecule has 0 aliphatic rings. The minimum absolute atomic E-state index is 0.632. The summed E-state index contributed by atoms with van der Waals surface area (Å²) in [5.74, 6) is 1.65. The second kappa shape index (κ2) is 7.99. The fourth-order valence-electron chi connectivity index (χ4n) is 2.58. The van der Waals surface area contributed by atoms with Crippen LogP contribution in [0.5, 0.6) is 5.75 Å². The number of aromatic nitrogens is 3. The lowest BCUT2D eigenvalue weighted by atomic mass is 10.2. The van der Waals surface area contributed by atoms with Gasteiger partial charge in [-0.05, 0) is 57.7 Å². The molecule has 26 heavy (non-hydrogen) atoms. The first kappa shape index (κ1) is 17.2. The van der Waals surface area contributed by atoms with Crippen molar-refractivity contribution >= 4 is 38.4 Å². The van der Waals surface area contributed by atoms with Crippen LogP contribution in [0.25, 0.3) is 22.6 Å². The van der Waals surface area contributed by atoms with E-state index in [1.807, 2.05) is 30.3 Å². The third-order valence-corrected chi connectivity index (χ3v) is 5.17. The standard InChI is InChI=1S/C19H17BrN4OS/c20-14-10-17-19(22-11-14)24-18(23-17)13-3-5-15(6-4-13)25-8-7-21-12-16-2-1-9-26-16/h1-6,9-11,21H,7-8,12H2,(H,22,23,24). The summed E-state index contributed by atoms with van der Waals surface area (Å²) in [6.45, 7) is 2.33. The molecule has 0 unspecified atom stereocenters. The van der Waals surface area contributed by atoms with Gasteiger partial charge in [0.05, 0.1) is 0 Å². The molecule has 5 nitrogen and oxygen atoms in total. The van der Waals surface area contributed by atoms with Gasteiger partial charge in [0.15, 0.2) is 5.65 Å². The van der Waals surface area contributed by atoms with E-state index in [1.54, 1.807) is 17.5 Å². The Hall–Kier alpha value is -2.22. The SMILES string of the molecule is Brc1cnc2[nH]c(-c3ccc(OCCNCc4cccs4)cc3)nc2c1. The zero-order chi connectivity index (χ0) is 17.8. The van der Waals surface area contributed by atoms with Crippen LogP contribution in [0, 0.1) is 0 Å². The van der Waals surface area contributed by atoms with Crippen LogP contribution in [0.15, 0.2) is 58.5 Å². The summed E-state index contributed by atoms with van der Waals surface area (Å²) in [5.41, 5.74) is 2.62. The number of thiophene rings is 1. The van der Waals surface area contributed by atoms with Gasteiger partial charge in [-0.3, -0.25) is 0 Å². The summed E-state index contributed by atoms with van der Waals surface area (Å²) in [4.78, 5) is 13.5. The second-order valence-electron chi connectivity index (χ2n) is 5.74. The fourth-order valence-corrected chi connectivity index (χ4v) is 3.58. The summed E-state index contributed by atoms with van der Waals surface area (Å²) in [7, 11) is 0. The van der Waals surface area contributed by atoms with E-state index >= 15 is 0 Å². The lowest BCUT2D eigenvalue weighted by molar-refractivity contribution is 0.314. The highest BCUT2D eigenvalue weighted by Gasteiger charge is 2.07. The van der Waals surface area contributed by atoms with E-state index in [-0.39, 0.29) is 0 Å². The maximum atomic E-state index is 5.78. The Morgan fingerprint density at radius 1 is 1.19 bits per heavy atom. The van der Waals surface area contributed by atoms with Crippen molar-refractivity contribution in [3.8, 4) is 17.1 Å². The number of nitrogens with zero attached hydrogens (tertiary/aromatic N) is 2. The van der Waals surface area contributed by atoms with Gasteiger partial charge < -0.3 is 15.0 Å². The molecule has 0 saturated carbocycles. The van der Waals surface area contributed by atoms with E-state index in [0.717, 1.165) is 45.9 Å². The summed E-state index contributed by atoms with van der Waals surface area (Å²) in [5, 5.41) is 5.46. The van der Waals surface area contributed by atoms with Crippen molar-refractivity contribution in [1.82, 2.24) is 20.3 Å². The van der Waals surface area contributed by atoms with Crippen LogP contribution in [0.3, 0.4) is 0 Å². The van der Waals surface area contributed by atoms with Gasteiger partial charge >= 0.3 is 0 Å². The predicted molar refractivity (Wildman–Crippen MR) is 109 cm³/mol. The Kier molecular flexibility index (Phi) is 5.29. The molecule has 4 aromatic rings. The molecule has 3 aromatic heterocycles. The number of pyridine rings is 1. The molecule has 0 amide bonds.